The molecule has 1 aromatic carbocycles. The monoisotopic (exact) mass is 310 g/mol. The first-order valence-electron chi connectivity index (χ1n) is 6.68. The molecule has 0 bridgehead atoms. The first-order valence-corrected chi connectivity index (χ1v) is 7.81. The van der Waals surface area contributed by atoms with Gasteiger partial charge in [-0.2, -0.15) is 0 Å². The van der Waals surface area contributed by atoms with Crippen LogP contribution in [0.25, 0.3) is 0 Å². The van der Waals surface area contributed by atoms with Crippen molar-refractivity contribution in [3.63, 3.8) is 0 Å². The largest absolute Gasteiger partial charge is 0.373 e. The molecular weight excluding hydrogens is 288 g/mol. The third kappa shape index (κ3) is 3.07. The van der Waals surface area contributed by atoms with Crippen LogP contribution in [-0.4, -0.2) is 38.1 Å². The van der Waals surface area contributed by atoms with Crippen molar-refractivity contribution in [2.24, 2.45) is 0 Å². The molecule has 2 rings (SSSR count). The van der Waals surface area contributed by atoms with Crippen LogP contribution in [0.2, 0.25) is 0 Å². The Morgan fingerprint density at radius 1 is 1.44 bits per heavy atom. The Labute approximate surface area is 119 Å². The summed E-state index contributed by atoms with van der Waals surface area (Å²) in [7, 11) is 4.45. The van der Waals surface area contributed by atoms with E-state index >= 15 is 0 Å². The van der Waals surface area contributed by atoms with Crippen LogP contribution in [0.15, 0.2) is 18.2 Å². The number of nitrogens with zero attached hydrogens (tertiary/aromatic N) is 2. The van der Waals surface area contributed by atoms with Crippen LogP contribution in [0.5, 0.6) is 0 Å². The van der Waals surface area contributed by atoms with E-state index in [0.29, 0.717) is 6.04 Å². The maximum absolute atomic E-state index is 3.51. The molecule has 0 amide bonds. The fourth-order valence-corrected chi connectivity index (χ4v) is 3.20. The number of anilines is 1. The molecule has 1 aliphatic rings. The lowest BCUT2D eigenvalue weighted by Gasteiger charge is -2.28. The number of aryl methyl sites for hydroxylation is 1. The van der Waals surface area contributed by atoms with Crippen LogP contribution in [0, 0.1) is 6.92 Å². The molecule has 1 saturated heterocycles. The number of alkyl halides is 1. The van der Waals surface area contributed by atoms with Gasteiger partial charge in [0, 0.05) is 30.7 Å². The molecule has 3 heteroatoms. The third-order valence-electron chi connectivity index (χ3n) is 3.98. The summed E-state index contributed by atoms with van der Waals surface area (Å²) in [5, 5.41) is 0.934. The lowest BCUT2D eigenvalue weighted by atomic mass is 10.1. The predicted octanol–water partition coefficient (Wildman–Crippen LogP) is 3.42. The van der Waals surface area contributed by atoms with E-state index in [1.807, 2.05) is 0 Å². The second kappa shape index (κ2) is 6.07. The van der Waals surface area contributed by atoms with E-state index in [-0.39, 0.29) is 0 Å². The van der Waals surface area contributed by atoms with E-state index < -0.39 is 0 Å². The molecule has 0 aliphatic carbocycles. The summed E-state index contributed by atoms with van der Waals surface area (Å²) >= 11 is 3.51. The number of halogens is 1. The van der Waals surface area contributed by atoms with Crippen molar-refractivity contribution in [3.05, 3.63) is 29.3 Å². The molecule has 100 valence electrons. The van der Waals surface area contributed by atoms with E-state index in [1.54, 1.807) is 0 Å². The first kappa shape index (κ1) is 13.9. The fraction of sp³-hybridized carbons (Fsp3) is 0.600. The van der Waals surface area contributed by atoms with Crippen LogP contribution >= 0.6 is 15.9 Å². The second-order valence-electron chi connectivity index (χ2n) is 5.41. The summed E-state index contributed by atoms with van der Waals surface area (Å²) in [6, 6.07) is 7.46. The Bertz CT molecular complexity index is 405. The SMILES string of the molecule is Cc1cc(CBr)ccc1N(C)CC1CCCN1C. The number of hydrogen-bond donors (Lipinski definition) is 0. The van der Waals surface area contributed by atoms with Gasteiger partial charge in [0.05, 0.1) is 0 Å². The van der Waals surface area contributed by atoms with Gasteiger partial charge in [-0.25, -0.2) is 0 Å². The van der Waals surface area contributed by atoms with E-state index in [9.17, 15) is 0 Å². The Kier molecular flexibility index (Phi) is 4.68. The maximum atomic E-state index is 3.51. The molecule has 1 aliphatic heterocycles. The molecule has 1 fully saturated rings. The Hall–Kier alpha value is -0.540. The summed E-state index contributed by atoms with van der Waals surface area (Å²) in [6.45, 7) is 4.58. The van der Waals surface area contributed by atoms with Crippen molar-refractivity contribution in [3.8, 4) is 0 Å². The molecular formula is C15H23BrN2. The minimum Gasteiger partial charge on any atom is -0.373 e. The highest BCUT2D eigenvalue weighted by Gasteiger charge is 2.22. The Balaban J connectivity index is 2.06. The van der Waals surface area contributed by atoms with Gasteiger partial charge in [0.25, 0.3) is 0 Å². The molecule has 18 heavy (non-hydrogen) atoms. The predicted molar refractivity (Wildman–Crippen MR) is 82.7 cm³/mol. The van der Waals surface area contributed by atoms with Crippen molar-refractivity contribution in [1.82, 2.24) is 4.90 Å². The molecule has 1 aromatic rings. The van der Waals surface area contributed by atoms with Crippen LogP contribution in [0.1, 0.15) is 24.0 Å². The lowest BCUT2D eigenvalue weighted by Crippen LogP contribution is -2.36. The van der Waals surface area contributed by atoms with Gasteiger partial charge < -0.3 is 9.80 Å². The number of likely N-dealkylation sites (N-methyl/N-ethyl adjacent to an activating group) is 2. The zero-order valence-electron chi connectivity index (χ0n) is 11.6. The summed E-state index contributed by atoms with van der Waals surface area (Å²) in [5.41, 5.74) is 4.08. The van der Waals surface area contributed by atoms with Gasteiger partial charge >= 0.3 is 0 Å². The summed E-state index contributed by atoms with van der Waals surface area (Å²) < 4.78 is 0. The average Bonchev–Trinajstić information content (AvgIpc) is 2.74. The highest BCUT2D eigenvalue weighted by molar-refractivity contribution is 9.08. The number of hydrogen-bond acceptors (Lipinski definition) is 2. The molecule has 1 atom stereocenters. The normalized spacial score (nSPS) is 20.3. The van der Waals surface area contributed by atoms with Crippen LogP contribution in [0.4, 0.5) is 5.69 Å². The van der Waals surface area contributed by atoms with E-state index in [4.69, 9.17) is 0 Å². The third-order valence-corrected chi connectivity index (χ3v) is 4.63. The number of rotatable bonds is 4. The lowest BCUT2D eigenvalue weighted by molar-refractivity contribution is 0.314. The van der Waals surface area contributed by atoms with Crippen molar-refractivity contribution in [2.75, 3.05) is 32.1 Å². The summed E-state index contributed by atoms with van der Waals surface area (Å²) in [6.07, 6.45) is 2.68. The zero-order chi connectivity index (χ0) is 13.1. The minimum atomic E-state index is 0.713. The van der Waals surface area contributed by atoms with Crippen molar-refractivity contribution in [2.45, 2.75) is 31.1 Å². The maximum Gasteiger partial charge on any atom is 0.0394 e. The van der Waals surface area contributed by atoms with Gasteiger partial charge in [0.15, 0.2) is 0 Å². The molecule has 0 saturated carbocycles. The Morgan fingerprint density at radius 3 is 2.78 bits per heavy atom. The van der Waals surface area contributed by atoms with E-state index in [0.717, 1.165) is 11.9 Å². The molecule has 0 N–H and O–H groups in total. The van der Waals surface area contributed by atoms with Crippen LogP contribution in [0.3, 0.4) is 0 Å². The molecule has 0 radical (unpaired) electrons. The van der Waals surface area contributed by atoms with Gasteiger partial charge in [0.1, 0.15) is 0 Å². The average molecular weight is 311 g/mol. The smallest absolute Gasteiger partial charge is 0.0394 e. The number of benzene rings is 1. The zero-order valence-corrected chi connectivity index (χ0v) is 13.2. The highest BCUT2D eigenvalue weighted by Crippen LogP contribution is 2.24. The topological polar surface area (TPSA) is 6.48 Å². The van der Waals surface area contributed by atoms with Gasteiger partial charge in [0.2, 0.25) is 0 Å². The number of likely N-dealkylation sites (tertiary alicyclic amines) is 1. The fourth-order valence-electron chi connectivity index (χ4n) is 2.85. The molecule has 0 spiro atoms. The van der Waals surface area contributed by atoms with Crippen molar-refractivity contribution >= 4 is 21.6 Å². The summed E-state index contributed by atoms with van der Waals surface area (Å²) in [5.74, 6) is 0. The molecule has 2 nitrogen and oxygen atoms in total. The standard InChI is InChI=1S/C15H23BrN2/c1-12-9-13(10-16)6-7-15(12)18(3)11-14-5-4-8-17(14)2/h6-7,9,14H,4-5,8,10-11H2,1-3H3. The van der Waals surface area contributed by atoms with Gasteiger partial charge in [-0.3, -0.25) is 0 Å². The van der Waals surface area contributed by atoms with Gasteiger partial charge in [-0.15, -0.1) is 0 Å². The van der Waals surface area contributed by atoms with Crippen molar-refractivity contribution in [1.29, 1.82) is 0 Å². The van der Waals surface area contributed by atoms with Crippen LogP contribution < -0.4 is 4.90 Å². The molecule has 0 aromatic heterocycles. The van der Waals surface area contributed by atoms with E-state index in [1.165, 1.54) is 36.2 Å². The minimum absolute atomic E-state index is 0.713. The van der Waals surface area contributed by atoms with Crippen molar-refractivity contribution < 1.29 is 0 Å². The second-order valence-corrected chi connectivity index (χ2v) is 5.97. The Morgan fingerprint density at radius 2 is 2.22 bits per heavy atom. The molecule has 1 heterocycles. The van der Waals surface area contributed by atoms with Gasteiger partial charge in [-0.1, -0.05) is 28.1 Å². The quantitative estimate of drug-likeness (QED) is 0.786. The first-order chi connectivity index (χ1) is 8.61. The van der Waals surface area contributed by atoms with Gasteiger partial charge in [-0.05, 0) is 50.6 Å². The molecule has 1 unspecified atom stereocenters. The van der Waals surface area contributed by atoms with E-state index in [2.05, 4.69) is 64.9 Å². The summed E-state index contributed by atoms with van der Waals surface area (Å²) in [4.78, 5) is 4.89. The highest BCUT2D eigenvalue weighted by atomic mass is 79.9. The van der Waals surface area contributed by atoms with Crippen LogP contribution in [-0.2, 0) is 5.33 Å².